The Morgan fingerprint density at radius 3 is 1.83 bits per heavy atom. The van der Waals surface area contributed by atoms with Gasteiger partial charge in [-0.2, -0.15) is 0 Å². The maximum Gasteiger partial charge on any atom is -0.00749 e. The zero-order valence-electron chi connectivity index (χ0n) is 24.4. The highest BCUT2D eigenvalue weighted by molar-refractivity contribution is 5.80. The van der Waals surface area contributed by atoms with Gasteiger partial charge in [-0.3, -0.25) is 0 Å². The van der Waals surface area contributed by atoms with Crippen molar-refractivity contribution in [1.29, 1.82) is 0 Å². The van der Waals surface area contributed by atoms with Gasteiger partial charge in [0.1, 0.15) is 0 Å². The molecule has 6 rings (SSSR count). The summed E-state index contributed by atoms with van der Waals surface area (Å²) >= 11 is 0. The van der Waals surface area contributed by atoms with E-state index in [2.05, 4.69) is 154 Å². The molecule has 202 valence electrons. The van der Waals surface area contributed by atoms with Crippen molar-refractivity contribution in [2.75, 3.05) is 0 Å². The maximum atomic E-state index is 2.37. The normalized spacial score (nSPS) is 14.9. The molecule has 5 aromatic rings. The number of hydrogen-bond donors (Lipinski definition) is 0. The third-order valence-corrected chi connectivity index (χ3v) is 8.52. The van der Waals surface area contributed by atoms with Crippen LogP contribution in [-0.4, -0.2) is 0 Å². The lowest BCUT2D eigenvalue weighted by atomic mass is 9.78. The molecule has 1 aliphatic rings. The third-order valence-electron chi connectivity index (χ3n) is 8.52. The molecule has 0 heterocycles. The molecule has 0 amide bonds. The van der Waals surface area contributed by atoms with Crippen LogP contribution in [0.5, 0.6) is 0 Å². The molecule has 1 aliphatic carbocycles. The second kappa shape index (κ2) is 12.0. The number of benzene rings is 5. The second-order valence-electron chi connectivity index (χ2n) is 11.4. The highest BCUT2D eigenvalue weighted by Crippen LogP contribution is 2.39. The van der Waals surface area contributed by atoms with Gasteiger partial charge in [-0.25, -0.2) is 0 Å². The minimum absolute atomic E-state index is 0.432. The van der Waals surface area contributed by atoms with Gasteiger partial charge >= 0.3 is 0 Å². The number of allylic oxidation sites excluding steroid dienone is 4. The first kappa shape index (κ1) is 26.8. The van der Waals surface area contributed by atoms with Gasteiger partial charge in [0.2, 0.25) is 0 Å². The summed E-state index contributed by atoms with van der Waals surface area (Å²) in [5.74, 6) is 0.432. The molecule has 0 aliphatic heterocycles. The minimum atomic E-state index is 0.432. The Balaban J connectivity index is 1.26. The summed E-state index contributed by atoms with van der Waals surface area (Å²) in [6.45, 7) is 6.56. The van der Waals surface area contributed by atoms with Crippen molar-refractivity contribution in [3.05, 3.63) is 167 Å². The van der Waals surface area contributed by atoms with Gasteiger partial charge in [-0.05, 0) is 94.7 Å². The Bertz CT molecular complexity index is 1680. The first-order valence-electron chi connectivity index (χ1n) is 14.9. The van der Waals surface area contributed by atoms with E-state index in [1.54, 1.807) is 0 Å². The molecule has 0 radical (unpaired) electrons. The molecule has 5 aromatic carbocycles. The molecule has 41 heavy (non-hydrogen) atoms. The summed E-state index contributed by atoms with van der Waals surface area (Å²) in [6.07, 6.45) is 7.79. The molecule has 1 unspecified atom stereocenters. The van der Waals surface area contributed by atoms with E-state index in [-0.39, 0.29) is 0 Å². The number of rotatable bonds is 7. The Morgan fingerprint density at radius 1 is 0.561 bits per heavy atom. The molecule has 0 aromatic heterocycles. The van der Waals surface area contributed by atoms with E-state index < -0.39 is 0 Å². The summed E-state index contributed by atoms with van der Waals surface area (Å²) in [4.78, 5) is 0. The molecular weight excluding hydrogens is 492 g/mol. The van der Waals surface area contributed by atoms with E-state index in [0.717, 1.165) is 19.3 Å². The molecule has 0 spiro atoms. The van der Waals surface area contributed by atoms with E-state index in [0.29, 0.717) is 5.92 Å². The fourth-order valence-electron chi connectivity index (χ4n) is 6.09. The molecular formula is C41H38. The fraction of sp³-hybridized carbons (Fsp3) is 0.171. The Kier molecular flexibility index (Phi) is 7.83. The minimum Gasteiger partial charge on any atom is -0.0622 e. The zero-order valence-corrected chi connectivity index (χ0v) is 24.4. The Hall–Kier alpha value is -4.42. The topological polar surface area (TPSA) is 0 Å². The first-order valence-corrected chi connectivity index (χ1v) is 14.9. The van der Waals surface area contributed by atoms with Crippen LogP contribution in [0.15, 0.2) is 133 Å². The van der Waals surface area contributed by atoms with Crippen molar-refractivity contribution in [3.63, 3.8) is 0 Å². The van der Waals surface area contributed by atoms with E-state index in [4.69, 9.17) is 0 Å². The van der Waals surface area contributed by atoms with Crippen LogP contribution >= 0.6 is 0 Å². The molecule has 0 fully saturated rings. The monoisotopic (exact) mass is 530 g/mol. The Morgan fingerprint density at radius 2 is 1.17 bits per heavy atom. The fourth-order valence-corrected chi connectivity index (χ4v) is 6.09. The Labute approximate surface area is 245 Å². The molecule has 0 bridgehead atoms. The summed E-state index contributed by atoms with van der Waals surface area (Å²) in [5, 5.41) is 0. The highest BCUT2D eigenvalue weighted by Gasteiger charge is 2.22. The van der Waals surface area contributed by atoms with Crippen LogP contribution in [0.25, 0.3) is 33.4 Å². The van der Waals surface area contributed by atoms with Crippen molar-refractivity contribution in [3.8, 4) is 22.3 Å². The van der Waals surface area contributed by atoms with Gasteiger partial charge in [0.25, 0.3) is 0 Å². The first-order chi connectivity index (χ1) is 20.1. The highest BCUT2D eigenvalue weighted by atomic mass is 14.3. The van der Waals surface area contributed by atoms with E-state index in [1.807, 2.05) is 0 Å². The van der Waals surface area contributed by atoms with Crippen LogP contribution in [0.2, 0.25) is 0 Å². The molecule has 0 saturated heterocycles. The van der Waals surface area contributed by atoms with E-state index in [9.17, 15) is 0 Å². The van der Waals surface area contributed by atoms with Crippen LogP contribution in [0, 0.1) is 19.8 Å². The van der Waals surface area contributed by atoms with Gasteiger partial charge in [0.05, 0.1) is 0 Å². The van der Waals surface area contributed by atoms with Gasteiger partial charge in [-0.1, -0.05) is 152 Å². The standard InChI is InChI=1S/C41H38/c1-4-32-27-37(22-24-40(32)35-8-6-5-7-9-35)34-20-14-31(15-21-34)26-39-28-38(33-16-10-29(2)11-17-33)23-25-41(39)36-18-12-30(3)13-19-36/h5-25,27,39H,4,26,28H2,1-3H3. The summed E-state index contributed by atoms with van der Waals surface area (Å²) in [6, 6.07) is 44.9. The number of aryl methyl sites for hydroxylation is 3. The van der Waals surface area contributed by atoms with E-state index >= 15 is 0 Å². The van der Waals surface area contributed by atoms with Crippen LogP contribution < -0.4 is 0 Å². The van der Waals surface area contributed by atoms with Crippen LogP contribution in [0.3, 0.4) is 0 Å². The summed E-state index contributed by atoms with van der Waals surface area (Å²) < 4.78 is 0. The van der Waals surface area contributed by atoms with Gasteiger partial charge in [0.15, 0.2) is 0 Å². The molecule has 1 atom stereocenters. The molecule has 0 N–H and O–H groups in total. The van der Waals surface area contributed by atoms with Crippen molar-refractivity contribution in [1.82, 2.24) is 0 Å². The predicted molar refractivity (Wildman–Crippen MR) is 177 cm³/mol. The lowest BCUT2D eigenvalue weighted by Crippen LogP contribution is -2.11. The largest absolute Gasteiger partial charge is 0.0622 e. The van der Waals surface area contributed by atoms with Crippen molar-refractivity contribution >= 4 is 11.1 Å². The van der Waals surface area contributed by atoms with Crippen molar-refractivity contribution < 1.29 is 0 Å². The maximum absolute atomic E-state index is 2.37. The lowest BCUT2D eigenvalue weighted by Gasteiger charge is -2.26. The van der Waals surface area contributed by atoms with Crippen LogP contribution in [0.4, 0.5) is 0 Å². The average molecular weight is 531 g/mol. The predicted octanol–water partition coefficient (Wildman–Crippen LogP) is 10.9. The van der Waals surface area contributed by atoms with Crippen LogP contribution in [-0.2, 0) is 12.8 Å². The van der Waals surface area contributed by atoms with E-state index in [1.165, 1.54) is 66.8 Å². The molecule has 0 nitrogen and oxygen atoms in total. The number of hydrogen-bond acceptors (Lipinski definition) is 0. The second-order valence-corrected chi connectivity index (χ2v) is 11.4. The van der Waals surface area contributed by atoms with Crippen LogP contribution in [0.1, 0.15) is 46.7 Å². The van der Waals surface area contributed by atoms with Crippen molar-refractivity contribution in [2.24, 2.45) is 5.92 Å². The zero-order chi connectivity index (χ0) is 28.2. The molecule has 0 heteroatoms. The van der Waals surface area contributed by atoms with Crippen molar-refractivity contribution in [2.45, 2.75) is 40.0 Å². The summed E-state index contributed by atoms with van der Waals surface area (Å²) in [5.41, 5.74) is 16.1. The quantitative estimate of drug-likeness (QED) is 0.196. The lowest BCUT2D eigenvalue weighted by molar-refractivity contribution is 0.682. The van der Waals surface area contributed by atoms with Gasteiger partial charge in [-0.15, -0.1) is 0 Å². The van der Waals surface area contributed by atoms with Gasteiger partial charge < -0.3 is 0 Å². The van der Waals surface area contributed by atoms with Gasteiger partial charge in [0, 0.05) is 0 Å². The molecule has 0 saturated carbocycles. The average Bonchev–Trinajstić information content (AvgIpc) is 3.02. The third kappa shape index (κ3) is 6.03. The SMILES string of the molecule is CCc1cc(-c2ccc(CC3CC(c4ccc(C)cc4)=CC=C3c3ccc(C)cc3)cc2)ccc1-c1ccccc1. The smallest absolute Gasteiger partial charge is 0.00749 e. The summed E-state index contributed by atoms with van der Waals surface area (Å²) in [7, 11) is 0.